The number of hydrogen-bond donors (Lipinski definition) is 3. The molecule has 2 aromatic heterocycles. The van der Waals surface area contributed by atoms with Gasteiger partial charge >= 0.3 is 5.76 Å². The fourth-order valence-electron chi connectivity index (χ4n) is 4.69. The van der Waals surface area contributed by atoms with Crippen molar-refractivity contribution in [2.24, 2.45) is 5.73 Å². The average Bonchev–Trinajstić information content (AvgIpc) is 3.46. The quantitative estimate of drug-likeness (QED) is 0.413. The molecule has 3 aromatic rings. The van der Waals surface area contributed by atoms with Gasteiger partial charge in [-0.2, -0.15) is 0 Å². The molecule has 2 fully saturated rings. The van der Waals surface area contributed by atoms with Gasteiger partial charge in [0.2, 0.25) is 5.89 Å². The van der Waals surface area contributed by atoms with Crippen LogP contribution in [0.2, 0.25) is 5.02 Å². The van der Waals surface area contributed by atoms with E-state index in [4.69, 9.17) is 38.7 Å². The number of H-pyrrole nitrogens is 2. The normalized spacial score (nSPS) is 20.2. The molecule has 4 unspecified atom stereocenters. The number of halogens is 2. The van der Waals surface area contributed by atoms with Crippen molar-refractivity contribution in [1.29, 1.82) is 0 Å². The van der Waals surface area contributed by atoms with Gasteiger partial charge in [-0.05, 0) is 61.6 Å². The largest absolute Gasteiger partial charge is 0.434 e. The Bertz CT molecular complexity index is 1390. The second kappa shape index (κ2) is 11.3. The molecule has 198 valence electrons. The Hall–Kier alpha value is -2.86. The van der Waals surface area contributed by atoms with Crippen LogP contribution in [0.5, 0.6) is 0 Å². The number of likely N-dealkylation sites (tertiary alicyclic amines) is 1. The third-order valence-corrected chi connectivity index (χ3v) is 7.43. The summed E-state index contributed by atoms with van der Waals surface area (Å²) in [5.41, 5.74) is 8.73. The number of fused-ring (bicyclic) bond motifs is 2. The number of nitrogens with zero attached hydrogens (tertiary/aromatic N) is 2. The number of aryl methyl sites for hydroxylation is 1. The van der Waals surface area contributed by atoms with Gasteiger partial charge < -0.3 is 24.8 Å². The number of pyridine rings is 1. The lowest BCUT2D eigenvalue weighted by molar-refractivity contribution is -0.0305. The molecule has 0 spiro atoms. The second-order valence-electron chi connectivity index (χ2n) is 9.38. The number of carbonyl (C=O) groups is 1. The molecule has 2 aliphatic heterocycles. The van der Waals surface area contributed by atoms with Crippen LogP contribution in [0.25, 0.3) is 0 Å². The van der Waals surface area contributed by atoms with Crippen molar-refractivity contribution in [3.8, 4) is 0 Å². The predicted octanol–water partition coefficient (Wildman–Crippen LogP) is 4.32. The number of hydrogen-bond acceptors (Lipinski definition) is 7. The lowest BCUT2D eigenvalue weighted by Crippen LogP contribution is -2.46. The number of carbonyl (C=O) groups excluding carboxylic acids is 1. The van der Waals surface area contributed by atoms with Crippen molar-refractivity contribution in [2.75, 3.05) is 13.1 Å². The first kappa shape index (κ1) is 27.2. The highest BCUT2D eigenvalue weighted by molar-refractivity contribution is 7.71. The first-order chi connectivity index (χ1) is 17.5. The minimum Gasteiger partial charge on any atom is -0.391 e. The summed E-state index contributed by atoms with van der Waals surface area (Å²) in [6, 6.07) is 5.79. The van der Waals surface area contributed by atoms with Crippen molar-refractivity contribution in [1.82, 2.24) is 20.1 Å². The highest BCUT2D eigenvalue weighted by Gasteiger charge is 2.36. The zero-order valence-corrected chi connectivity index (χ0v) is 22.3. The van der Waals surface area contributed by atoms with Crippen molar-refractivity contribution in [2.45, 2.75) is 57.8 Å². The van der Waals surface area contributed by atoms with Gasteiger partial charge in [0.15, 0.2) is 0 Å². The molecule has 9 nitrogen and oxygen atoms in total. The van der Waals surface area contributed by atoms with Gasteiger partial charge in [0, 0.05) is 19.0 Å². The lowest BCUT2D eigenvalue weighted by Gasteiger charge is -2.32. The monoisotopic (exact) mass is 549 g/mol. The fourth-order valence-corrected chi connectivity index (χ4v) is 5.05. The molecule has 4 heterocycles. The number of rotatable bonds is 4. The van der Waals surface area contributed by atoms with E-state index in [1.807, 2.05) is 13.8 Å². The summed E-state index contributed by atoms with van der Waals surface area (Å²) < 4.78 is 25.0. The van der Waals surface area contributed by atoms with E-state index in [1.165, 1.54) is 6.07 Å². The second-order valence-corrected chi connectivity index (χ2v) is 10.2. The maximum absolute atomic E-state index is 14.0. The molecule has 4 atom stereocenters. The molecule has 2 saturated heterocycles. The summed E-state index contributed by atoms with van der Waals surface area (Å²) >= 11 is 11.1. The van der Waals surface area contributed by atoms with Crippen molar-refractivity contribution in [3.63, 3.8) is 0 Å². The molecule has 1 aromatic carbocycles. The molecule has 12 heteroatoms. The Morgan fingerprint density at radius 3 is 2.54 bits per heavy atom. The van der Waals surface area contributed by atoms with E-state index in [2.05, 4.69) is 15.2 Å². The average molecular weight is 550 g/mol. The van der Waals surface area contributed by atoms with Crippen LogP contribution in [0.1, 0.15) is 64.8 Å². The van der Waals surface area contributed by atoms with Gasteiger partial charge in [-0.25, -0.2) is 14.3 Å². The van der Waals surface area contributed by atoms with Crippen molar-refractivity contribution < 1.29 is 18.3 Å². The van der Waals surface area contributed by atoms with Gasteiger partial charge in [0.25, 0.3) is 5.91 Å². The highest BCUT2D eigenvalue weighted by atomic mass is 35.5. The fraction of sp³-hybridized carbons (Fsp3) is 0.440. The summed E-state index contributed by atoms with van der Waals surface area (Å²) in [4.78, 5) is 28.0. The minimum atomic E-state index is -0.686. The van der Waals surface area contributed by atoms with Crippen LogP contribution in [0.15, 0.2) is 33.5 Å². The Morgan fingerprint density at radius 1 is 1.24 bits per heavy atom. The summed E-state index contributed by atoms with van der Waals surface area (Å²) in [6.45, 7) is 6.81. The van der Waals surface area contributed by atoms with E-state index in [1.54, 1.807) is 30.0 Å². The van der Waals surface area contributed by atoms with Gasteiger partial charge in [0.05, 0.1) is 23.3 Å². The van der Waals surface area contributed by atoms with E-state index < -0.39 is 11.8 Å². The molecule has 2 bridgehead atoms. The maximum Gasteiger partial charge on any atom is 0.434 e. The van der Waals surface area contributed by atoms with Crippen LogP contribution in [0.4, 0.5) is 4.39 Å². The summed E-state index contributed by atoms with van der Waals surface area (Å²) in [5.74, 6) is -1.35. The van der Waals surface area contributed by atoms with E-state index in [9.17, 15) is 14.0 Å². The summed E-state index contributed by atoms with van der Waals surface area (Å²) in [5, 5.41) is 6.25. The first-order valence-electron chi connectivity index (χ1n) is 11.9. The van der Waals surface area contributed by atoms with Gasteiger partial charge in [-0.3, -0.25) is 4.79 Å². The minimum absolute atomic E-state index is 0.0813. The van der Waals surface area contributed by atoms with E-state index >= 15 is 0 Å². The summed E-state index contributed by atoms with van der Waals surface area (Å²) in [7, 11) is 0. The molecule has 1 amide bonds. The SMILES string of the molecule is Cc1ccc(F)c(C(C)C(N)c2n[nH]c(=O)o2)c1C.O=C(c1[nH]c(=S)ccc1Cl)N1CC2CCC(C1)O2. The Morgan fingerprint density at radius 2 is 1.92 bits per heavy atom. The number of benzene rings is 1. The predicted molar refractivity (Wildman–Crippen MR) is 139 cm³/mol. The van der Waals surface area contributed by atoms with E-state index in [-0.39, 0.29) is 35.7 Å². The number of aromatic nitrogens is 3. The highest BCUT2D eigenvalue weighted by Crippen LogP contribution is 2.32. The lowest BCUT2D eigenvalue weighted by atomic mass is 9.88. The van der Waals surface area contributed by atoms with Crippen LogP contribution >= 0.6 is 23.8 Å². The zero-order valence-electron chi connectivity index (χ0n) is 20.7. The summed E-state index contributed by atoms with van der Waals surface area (Å²) in [6.07, 6.45) is 2.43. The van der Waals surface area contributed by atoms with Gasteiger partial charge in [-0.15, -0.1) is 5.10 Å². The van der Waals surface area contributed by atoms with E-state index in [0.717, 1.165) is 24.0 Å². The van der Waals surface area contributed by atoms with Crippen LogP contribution in [0, 0.1) is 24.3 Å². The molecule has 0 aliphatic carbocycles. The smallest absolute Gasteiger partial charge is 0.391 e. The molecule has 0 saturated carbocycles. The Labute approximate surface area is 223 Å². The van der Waals surface area contributed by atoms with Gasteiger partial charge in [-0.1, -0.05) is 36.8 Å². The number of morpholine rings is 1. The van der Waals surface area contributed by atoms with Crippen LogP contribution in [0.3, 0.4) is 0 Å². The molecular formula is C25H29ClFN5O4S. The standard InChI is InChI=1S/C13H16FN3O2.C12H13ClN2O2S/c1-6-4-5-9(14)10(7(6)2)8(3)11(15)12-16-17-13(18)19-12;13-9-3-4-10(18)14-11(9)12(16)15-5-7-1-2-8(6-15)17-7/h4-5,8,11H,15H2,1-3H3,(H,17,18);3-4,7-8H,1-2,5-6H2,(H,14,18). The maximum atomic E-state index is 14.0. The van der Waals surface area contributed by atoms with E-state index in [0.29, 0.717) is 34.0 Å². The molecule has 2 aliphatic rings. The molecule has 37 heavy (non-hydrogen) atoms. The first-order valence-corrected chi connectivity index (χ1v) is 12.7. The topological polar surface area (TPSA) is 130 Å². The number of aromatic amines is 2. The molecular weight excluding hydrogens is 521 g/mol. The van der Waals surface area contributed by atoms with Crippen molar-refractivity contribution >= 4 is 29.7 Å². The number of ether oxygens (including phenoxy) is 1. The van der Waals surface area contributed by atoms with Crippen LogP contribution in [-0.4, -0.2) is 51.3 Å². The molecule has 0 radical (unpaired) electrons. The Balaban J connectivity index is 0.000000173. The van der Waals surface area contributed by atoms with Crippen LogP contribution < -0.4 is 11.5 Å². The number of nitrogens with one attached hydrogen (secondary N) is 2. The third kappa shape index (κ3) is 6.01. The number of nitrogens with two attached hydrogens (primary N) is 1. The van der Waals surface area contributed by atoms with Crippen molar-refractivity contribution in [3.05, 3.63) is 78.6 Å². The van der Waals surface area contributed by atoms with Gasteiger partial charge in [0.1, 0.15) is 16.2 Å². The Kier molecular flexibility index (Phi) is 8.27. The molecule has 4 N–H and O–H groups in total. The van der Waals surface area contributed by atoms with Crippen LogP contribution in [-0.2, 0) is 4.74 Å². The number of amides is 1. The molecule has 5 rings (SSSR count). The zero-order chi connectivity index (χ0) is 26.9. The third-order valence-electron chi connectivity index (χ3n) is 6.88.